The van der Waals surface area contributed by atoms with Gasteiger partial charge in [-0.1, -0.05) is 28.9 Å². The summed E-state index contributed by atoms with van der Waals surface area (Å²) in [5, 5.41) is 4.21. The number of hydrogen-bond donors (Lipinski definition) is 0. The molecule has 0 aliphatic heterocycles. The molecule has 0 saturated heterocycles. The van der Waals surface area contributed by atoms with E-state index < -0.39 is 0 Å². The minimum absolute atomic E-state index is 0.429. The predicted octanol–water partition coefficient (Wildman–Crippen LogP) is 5.22. The van der Waals surface area contributed by atoms with Gasteiger partial charge < -0.3 is 4.52 Å². The summed E-state index contributed by atoms with van der Waals surface area (Å²) in [7, 11) is 0. The van der Waals surface area contributed by atoms with E-state index in [0.29, 0.717) is 17.5 Å². The molecule has 2 nitrogen and oxygen atoms in total. The highest BCUT2D eigenvalue weighted by atomic mass is 16.5. The van der Waals surface area contributed by atoms with Crippen LogP contribution in [0.2, 0.25) is 0 Å². The molecule has 1 aliphatic carbocycles. The average Bonchev–Trinajstić information content (AvgIpc) is 2.81. The lowest BCUT2D eigenvalue weighted by Gasteiger charge is -2.09. The van der Waals surface area contributed by atoms with Gasteiger partial charge in [0.15, 0.2) is 5.76 Å². The van der Waals surface area contributed by atoms with Crippen LogP contribution in [0.15, 0.2) is 28.8 Å². The Bertz CT molecular complexity index is 689. The third-order valence-electron chi connectivity index (χ3n) is 3.96. The normalized spacial score (nSPS) is 15.9. The largest absolute Gasteiger partial charge is 0.356 e. The van der Waals surface area contributed by atoms with Gasteiger partial charge in [0.2, 0.25) is 0 Å². The summed E-state index contributed by atoms with van der Waals surface area (Å²) < 4.78 is 14.0. The van der Waals surface area contributed by atoms with Crippen molar-refractivity contribution in [1.82, 2.24) is 5.16 Å². The molecule has 0 radical (unpaired) electrons. The van der Waals surface area contributed by atoms with Crippen molar-refractivity contribution < 1.29 is 5.89 Å². The topological polar surface area (TPSA) is 26.0 Å². The first-order valence-corrected chi connectivity index (χ1v) is 7.32. The first kappa shape index (κ1) is 12.0. The molecule has 0 unspecified atom stereocenters. The highest BCUT2D eigenvalue weighted by Gasteiger charge is 2.15. The smallest absolute Gasteiger partial charge is 0.163 e. The van der Waals surface area contributed by atoms with Gasteiger partial charge in [-0.15, -0.1) is 0 Å². The highest BCUT2D eigenvalue weighted by Crippen LogP contribution is 2.32. The van der Waals surface area contributed by atoms with E-state index >= 15 is 0 Å². The molecule has 0 fully saturated rings. The number of allylic oxidation sites excluding steroid dienone is 2. The van der Waals surface area contributed by atoms with Crippen LogP contribution in [0, 0.1) is 20.8 Å². The number of aromatic nitrogens is 1. The monoisotopic (exact) mass is 268 g/mol. The molecule has 3 rings (SSSR count). The van der Waals surface area contributed by atoms with Crippen molar-refractivity contribution in [2.45, 2.75) is 46.5 Å². The zero-order valence-electron chi connectivity index (χ0n) is 13.4. The fourth-order valence-electron chi connectivity index (χ4n) is 3.09. The van der Waals surface area contributed by atoms with Gasteiger partial charge >= 0.3 is 0 Å². The van der Waals surface area contributed by atoms with Gasteiger partial charge in [-0.3, -0.25) is 0 Å². The summed E-state index contributed by atoms with van der Waals surface area (Å²) in [5.41, 5.74) is 6.40. The molecule has 2 aromatic rings. The van der Waals surface area contributed by atoms with Crippen LogP contribution in [0.4, 0.5) is 0 Å². The Hall–Kier alpha value is -1.83. The van der Waals surface area contributed by atoms with Gasteiger partial charge in [0.25, 0.3) is 0 Å². The van der Waals surface area contributed by atoms with Crippen LogP contribution in [-0.4, -0.2) is 5.16 Å². The Balaban J connectivity index is 2.09. The summed E-state index contributed by atoms with van der Waals surface area (Å²) in [4.78, 5) is 0. The predicted molar refractivity (Wildman–Crippen MR) is 82.6 cm³/mol. The molecule has 0 N–H and O–H groups in total. The molecular weight excluding hydrogens is 246 g/mol. The van der Waals surface area contributed by atoms with Crippen LogP contribution in [0.5, 0.6) is 0 Å². The van der Waals surface area contributed by atoms with Gasteiger partial charge in [0.05, 0.1) is 1.37 Å². The Kier molecular flexibility index (Phi) is 3.15. The van der Waals surface area contributed by atoms with Gasteiger partial charge in [0.1, 0.15) is 5.69 Å². The summed E-state index contributed by atoms with van der Waals surface area (Å²) in [5.74, 6) is 0.657. The van der Waals surface area contributed by atoms with Crippen molar-refractivity contribution in [2.75, 3.05) is 0 Å². The number of rotatable bonds is 2. The van der Waals surface area contributed by atoms with E-state index in [-0.39, 0.29) is 0 Å². The van der Waals surface area contributed by atoms with E-state index in [0.717, 1.165) is 35.1 Å². The number of nitrogens with zero attached hydrogens (tertiary/aromatic N) is 1. The second-order valence-electron chi connectivity index (χ2n) is 5.73. The molecule has 1 aliphatic rings. The molecule has 104 valence electrons. The third kappa shape index (κ3) is 2.43. The maximum absolute atomic E-state index is 8.45. The van der Waals surface area contributed by atoms with Crippen LogP contribution in [-0.2, 0) is 0 Å². The summed E-state index contributed by atoms with van der Waals surface area (Å²) >= 11 is 0. The zero-order chi connectivity index (χ0) is 15.0. The fraction of sp³-hybridized carbons (Fsp3) is 0.389. The maximum atomic E-state index is 8.45. The van der Waals surface area contributed by atoms with Crippen molar-refractivity contribution in [1.29, 1.82) is 0 Å². The first-order valence-electron chi connectivity index (χ1n) is 7.82. The van der Waals surface area contributed by atoms with Gasteiger partial charge in [0, 0.05) is 11.6 Å². The number of benzene rings is 1. The highest BCUT2D eigenvalue weighted by molar-refractivity contribution is 5.72. The van der Waals surface area contributed by atoms with Crippen molar-refractivity contribution in [3.63, 3.8) is 0 Å². The lowest BCUT2D eigenvalue weighted by atomic mass is 9.95. The molecule has 0 saturated carbocycles. The van der Waals surface area contributed by atoms with Gasteiger partial charge in [-0.2, -0.15) is 0 Å². The molecule has 1 heterocycles. The Labute approximate surface area is 121 Å². The molecule has 2 heteroatoms. The maximum Gasteiger partial charge on any atom is 0.163 e. The van der Waals surface area contributed by atoms with Crippen molar-refractivity contribution >= 4 is 5.57 Å². The fourth-order valence-corrected chi connectivity index (χ4v) is 3.09. The first-order chi connectivity index (χ1) is 10.1. The SMILES string of the molecule is [2H]c1c(-c2c(C)cc(C)cc2C)noc1C1=CCCCC1. The van der Waals surface area contributed by atoms with Crippen LogP contribution in [0.3, 0.4) is 0 Å². The number of hydrogen-bond acceptors (Lipinski definition) is 2. The molecule has 1 aromatic carbocycles. The number of aryl methyl sites for hydroxylation is 3. The van der Waals surface area contributed by atoms with E-state index in [1.54, 1.807) is 0 Å². The lowest BCUT2D eigenvalue weighted by Crippen LogP contribution is -1.90. The van der Waals surface area contributed by atoms with Crippen molar-refractivity contribution in [3.8, 4) is 11.3 Å². The minimum Gasteiger partial charge on any atom is -0.356 e. The van der Waals surface area contributed by atoms with E-state index in [4.69, 9.17) is 5.89 Å². The van der Waals surface area contributed by atoms with Crippen LogP contribution in [0.1, 0.15) is 49.5 Å². The summed E-state index contributed by atoms with van der Waals surface area (Å²) in [6.45, 7) is 6.23. The molecule has 0 atom stereocenters. The minimum atomic E-state index is 0.429. The van der Waals surface area contributed by atoms with E-state index in [1.165, 1.54) is 18.4 Å². The molecule has 0 spiro atoms. The third-order valence-corrected chi connectivity index (χ3v) is 3.96. The molecule has 0 bridgehead atoms. The molecule has 1 aromatic heterocycles. The zero-order valence-corrected chi connectivity index (χ0v) is 12.4. The van der Waals surface area contributed by atoms with Crippen LogP contribution < -0.4 is 0 Å². The van der Waals surface area contributed by atoms with Crippen molar-refractivity contribution in [3.05, 3.63) is 46.7 Å². The van der Waals surface area contributed by atoms with E-state index in [1.807, 2.05) is 0 Å². The van der Waals surface area contributed by atoms with Gasteiger partial charge in [-0.05, 0) is 63.2 Å². The Morgan fingerprint density at radius 3 is 2.55 bits per heavy atom. The standard InChI is InChI=1S/C18H21NO/c1-12-9-13(2)18(14(3)10-12)16-11-17(20-19-16)15-7-5-4-6-8-15/h7,9-11H,4-6,8H2,1-3H3/i11D. The second-order valence-corrected chi connectivity index (χ2v) is 5.73. The van der Waals surface area contributed by atoms with Gasteiger partial charge in [-0.25, -0.2) is 0 Å². The molecular formula is C18H21NO. The Morgan fingerprint density at radius 1 is 1.15 bits per heavy atom. The van der Waals surface area contributed by atoms with Crippen LogP contribution >= 0.6 is 0 Å². The summed E-state index contributed by atoms with van der Waals surface area (Å²) in [6.07, 6.45) is 6.67. The lowest BCUT2D eigenvalue weighted by molar-refractivity contribution is 0.410. The second kappa shape index (κ2) is 5.28. The van der Waals surface area contributed by atoms with E-state index in [2.05, 4.69) is 44.1 Å². The average molecular weight is 268 g/mol. The quantitative estimate of drug-likeness (QED) is 0.746. The summed E-state index contributed by atoms with van der Waals surface area (Å²) in [6, 6.07) is 4.70. The van der Waals surface area contributed by atoms with Crippen molar-refractivity contribution in [2.24, 2.45) is 0 Å². The molecule has 20 heavy (non-hydrogen) atoms. The molecule has 0 amide bonds. The Morgan fingerprint density at radius 2 is 1.90 bits per heavy atom. The van der Waals surface area contributed by atoms with E-state index in [9.17, 15) is 0 Å². The van der Waals surface area contributed by atoms with Crippen LogP contribution in [0.25, 0.3) is 16.8 Å².